The second-order valence-electron chi connectivity index (χ2n) is 6.44. The normalized spacial score (nSPS) is 15.0. The minimum Gasteiger partial charge on any atom is -0.494 e. The van der Waals surface area contributed by atoms with Crippen LogP contribution in [0.25, 0.3) is 0 Å². The average molecular weight is 325 g/mol. The van der Waals surface area contributed by atoms with Crippen LogP contribution in [0.3, 0.4) is 0 Å². The van der Waals surface area contributed by atoms with Crippen LogP contribution in [0.5, 0.6) is 5.75 Å². The van der Waals surface area contributed by atoms with E-state index in [4.69, 9.17) is 4.74 Å². The number of rotatable bonds is 7. The largest absolute Gasteiger partial charge is 0.494 e. The number of aliphatic hydroxyl groups excluding tert-OH is 1. The van der Waals surface area contributed by atoms with E-state index in [9.17, 15) is 5.11 Å². The summed E-state index contributed by atoms with van der Waals surface area (Å²) in [7, 11) is 0. The first kappa shape index (κ1) is 16.8. The molecule has 1 aliphatic rings. The van der Waals surface area contributed by atoms with Gasteiger partial charge in [0.15, 0.2) is 0 Å². The molecule has 0 bridgehead atoms. The number of ether oxygens (including phenoxy) is 1. The van der Waals surface area contributed by atoms with Crippen LogP contribution in [0.15, 0.2) is 48.5 Å². The van der Waals surface area contributed by atoms with Crippen molar-refractivity contribution in [2.45, 2.75) is 38.7 Å². The topological polar surface area (TPSA) is 32.7 Å². The smallest absolute Gasteiger partial charge is 0.119 e. The monoisotopic (exact) mass is 325 g/mol. The maximum absolute atomic E-state index is 10.5. The molecule has 1 N–H and O–H groups in total. The molecular weight excluding hydrogens is 298 g/mol. The second-order valence-corrected chi connectivity index (χ2v) is 6.44. The van der Waals surface area contributed by atoms with Gasteiger partial charge in [0, 0.05) is 18.8 Å². The van der Waals surface area contributed by atoms with Gasteiger partial charge in [-0.25, -0.2) is 0 Å². The minimum atomic E-state index is -0.431. The number of aryl methyl sites for hydroxylation is 1. The molecule has 0 saturated carbocycles. The van der Waals surface area contributed by atoms with E-state index in [2.05, 4.69) is 36.1 Å². The Morgan fingerprint density at radius 2 is 1.92 bits per heavy atom. The van der Waals surface area contributed by atoms with Gasteiger partial charge >= 0.3 is 0 Å². The summed E-state index contributed by atoms with van der Waals surface area (Å²) in [5, 5.41) is 10.5. The number of benzene rings is 2. The molecule has 0 fully saturated rings. The number of nitrogens with zero attached hydrogens (tertiary/aromatic N) is 1. The first-order chi connectivity index (χ1) is 11.8. The Morgan fingerprint density at radius 1 is 1.12 bits per heavy atom. The van der Waals surface area contributed by atoms with Gasteiger partial charge in [0.25, 0.3) is 0 Å². The fourth-order valence-corrected chi connectivity index (χ4v) is 3.29. The highest BCUT2D eigenvalue weighted by Crippen LogP contribution is 2.28. The first-order valence-electron chi connectivity index (χ1n) is 9.01. The van der Waals surface area contributed by atoms with Gasteiger partial charge in [-0.1, -0.05) is 37.3 Å². The number of anilines is 1. The molecule has 2 aromatic rings. The molecule has 0 amide bonds. The number of aliphatic hydroxyl groups is 1. The Morgan fingerprint density at radius 3 is 2.71 bits per heavy atom. The standard InChI is InChI=1S/C21H27NO2/c1-2-16-24-19-11-9-18(10-12-19)21(23)13-15-22-14-5-7-17-6-3-4-8-20(17)22/h3-4,6,8-12,21,23H,2,5,7,13-16H2,1H3. The van der Waals surface area contributed by atoms with Crippen LogP contribution in [-0.2, 0) is 6.42 Å². The predicted octanol–water partition coefficient (Wildman–Crippen LogP) is 4.35. The van der Waals surface area contributed by atoms with Crippen molar-refractivity contribution in [3.8, 4) is 5.75 Å². The minimum absolute atomic E-state index is 0.431. The zero-order valence-electron chi connectivity index (χ0n) is 14.4. The summed E-state index contributed by atoms with van der Waals surface area (Å²) in [6.45, 7) is 4.78. The Bertz CT molecular complexity index is 639. The molecule has 1 aliphatic heterocycles. The summed E-state index contributed by atoms with van der Waals surface area (Å²) in [5.41, 5.74) is 3.72. The van der Waals surface area contributed by atoms with Crippen molar-refractivity contribution in [3.05, 3.63) is 59.7 Å². The molecule has 0 saturated heterocycles. The second kappa shape index (κ2) is 8.20. The van der Waals surface area contributed by atoms with Crippen molar-refractivity contribution in [3.63, 3.8) is 0 Å². The third kappa shape index (κ3) is 4.09. The summed E-state index contributed by atoms with van der Waals surface area (Å²) in [4.78, 5) is 2.40. The van der Waals surface area contributed by atoms with Gasteiger partial charge in [-0.2, -0.15) is 0 Å². The number of hydrogen-bond acceptors (Lipinski definition) is 3. The average Bonchev–Trinajstić information content (AvgIpc) is 2.64. The van der Waals surface area contributed by atoms with E-state index in [0.29, 0.717) is 0 Å². The molecule has 0 spiro atoms. The van der Waals surface area contributed by atoms with E-state index in [1.807, 2.05) is 24.3 Å². The molecule has 0 aromatic heterocycles. The molecule has 3 rings (SSSR count). The molecule has 3 heteroatoms. The lowest BCUT2D eigenvalue weighted by molar-refractivity contribution is 0.169. The molecule has 3 nitrogen and oxygen atoms in total. The molecular formula is C21H27NO2. The SMILES string of the molecule is CCCOc1ccc(C(O)CCN2CCCc3ccccc32)cc1. The number of hydrogen-bond donors (Lipinski definition) is 1. The van der Waals surface area contributed by atoms with Gasteiger partial charge in [-0.15, -0.1) is 0 Å². The third-order valence-electron chi connectivity index (χ3n) is 4.62. The van der Waals surface area contributed by atoms with Gasteiger partial charge in [-0.3, -0.25) is 0 Å². The fourth-order valence-electron chi connectivity index (χ4n) is 3.29. The summed E-state index contributed by atoms with van der Waals surface area (Å²) >= 11 is 0. The third-order valence-corrected chi connectivity index (χ3v) is 4.62. The molecule has 24 heavy (non-hydrogen) atoms. The Kier molecular flexibility index (Phi) is 5.76. The molecule has 1 unspecified atom stereocenters. The van der Waals surface area contributed by atoms with Crippen molar-refractivity contribution in [2.75, 3.05) is 24.6 Å². The lowest BCUT2D eigenvalue weighted by atomic mass is 10.0. The number of para-hydroxylation sites is 1. The van der Waals surface area contributed by atoms with E-state index in [1.165, 1.54) is 17.7 Å². The van der Waals surface area contributed by atoms with Crippen molar-refractivity contribution in [1.29, 1.82) is 0 Å². The Balaban J connectivity index is 1.57. The quantitative estimate of drug-likeness (QED) is 0.821. The molecule has 128 valence electrons. The molecule has 0 radical (unpaired) electrons. The van der Waals surface area contributed by atoms with Crippen molar-refractivity contribution in [1.82, 2.24) is 0 Å². The van der Waals surface area contributed by atoms with E-state index in [1.54, 1.807) is 0 Å². The van der Waals surface area contributed by atoms with Crippen LogP contribution < -0.4 is 9.64 Å². The lowest BCUT2D eigenvalue weighted by Gasteiger charge is -2.32. The van der Waals surface area contributed by atoms with Gasteiger partial charge in [0.05, 0.1) is 12.7 Å². The summed E-state index contributed by atoms with van der Waals surface area (Å²) in [6, 6.07) is 16.5. The Labute approximate surface area is 144 Å². The Hall–Kier alpha value is -2.00. The zero-order valence-corrected chi connectivity index (χ0v) is 14.4. The van der Waals surface area contributed by atoms with Crippen molar-refractivity contribution in [2.24, 2.45) is 0 Å². The van der Waals surface area contributed by atoms with Crippen LogP contribution in [0.4, 0.5) is 5.69 Å². The van der Waals surface area contributed by atoms with Crippen LogP contribution in [0, 0.1) is 0 Å². The van der Waals surface area contributed by atoms with Crippen molar-refractivity contribution >= 4 is 5.69 Å². The molecule has 1 heterocycles. The van der Waals surface area contributed by atoms with Gasteiger partial charge < -0.3 is 14.7 Å². The molecule has 1 atom stereocenters. The number of fused-ring (bicyclic) bond motifs is 1. The van der Waals surface area contributed by atoms with Crippen LogP contribution in [0.2, 0.25) is 0 Å². The van der Waals surface area contributed by atoms with E-state index < -0.39 is 6.10 Å². The van der Waals surface area contributed by atoms with E-state index in [0.717, 1.165) is 50.3 Å². The maximum Gasteiger partial charge on any atom is 0.119 e. The van der Waals surface area contributed by atoms with Gasteiger partial charge in [0.2, 0.25) is 0 Å². The summed E-state index contributed by atoms with van der Waals surface area (Å²) < 4.78 is 5.59. The lowest BCUT2D eigenvalue weighted by Crippen LogP contribution is -2.31. The van der Waals surface area contributed by atoms with Crippen molar-refractivity contribution < 1.29 is 9.84 Å². The van der Waals surface area contributed by atoms with Crippen LogP contribution >= 0.6 is 0 Å². The van der Waals surface area contributed by atoms with E-state index in [-0.39, 0.29) is 0 Å². The van der Waals surface area contributed by atoms with E-state index >= 15 is 0 Å². The van der Waals surface area contributed by atoms with Gasteiger partial charge in [-0.05, 0) is 55.0 Å². The fraction of sp³-hybridized carbons (Fsp3) is 0.429. The highest BCUT2D eigenvalue weighted by Gasteiger charge is 2.17. The first-order valence-corrected chi connectivity index (χ1v) is 9.01. The zero-order chi connectivity index (χ0) is 16.8. The highest BCUT2D eigenvalue weighted by molar-refractivity contribution is 5.55. The molecule has 0 aliphatic carbocycles. The summed E-state index contributed by atoms with van der Waals surface area (Å²) in [6.07, 6.45) is 3.66. The van der Waals surface area contributed by atoms with Crippen LogP contribution in [-0.4, -0.2) is 24.8 Å². The van der Waals surface area contributed by atoms with Crippen LogP contribution in [0.1, 0.15) is 43.4 Å². The summed E-state index contributed by atoms with van der Waals surface area (Å²) in [5.74, 6) is 0.873. The molecule has 2 aromatic carbocycles. The predicted molar refractivity (Wildman–Crippen MR) is 98.8 cm³/mol. The maximum atomic E-state index is 10.5. The highest BCUT2D eigenvalue weighted by atomic mass is 16.5. The van der Waals surface area contributed by atoms with Gasteiger partial charge in [0.1, 0.15) is 5.75 Å².